The Bertz CT molecular complexity index is 533. The van der Waals surface area contributed by atoms with Crippen molar-refractivity contribution in [3.8, 4) is 12.3 Å². The van der Waals surface area contributed by atoms with Gasteiger partial charge in [-0.3, -0.25) is 9.59 Å². The third kappa shape index (κ3) is 3.60. The van der Waals surface area contributed by atoms with Crippen molar-refractivity contribution in [2.75, 3.05) is 18.4 Å². The molecule has 0 bridgehead atoms. The third-order valence-corrected chi connectivity index (χ3v) is 2.81. The summed E-state index contributed by atoms with van der Waals surface area (Å²) in [7, 11) is 0. The average Bonchev–Trinajstić information content (AvgIpc) is 2.35. The first-order valence-electron chi connectivity index (χ1n) is 5.29. The normalized spacial score (nSPS) is 9.61. The molecular weight excluding hydrogens is 300 g/mol. The van der Waals surface area contributed by atoms with Gasteiger partial charge in [-0.2, -0.15) is 5.10 Å². The number of halogens is 1. The quantitative estimate of drug-likeness (QED) is 0.761. The molecular formula is C11H13BrN4O2. The summed E-state index contributed by atoms with van der Waals surface area (Å²) in [6.45, 7) is 2.57. The van der Waals surface area contributed by atoms with Crippen LogP contribution in [0.15, 0.2) is 15.5 Å². The van der Waals surface area contributed by atoms with Crippen molar-refractivity contribution in [1.82, 2.24) is 15.1 Å². The monoisotopic (exact) mass is 312 g/mol. The lowest BCUT2D eigenvalue weighted by molar-refractivity contribution is -0.119. The molecule has 6 nitrogen and oxygen atoms in total. The van der Waals surface area contributed by atoms with Crippen molar-refractivity contribution in [2.24, 2.45) is 0 Å². The molecule has 1 heterocycles. The number of likely N-dealkylation sites (N-methyl/N-ethyl adjacent to an activating group) is 1. The molecule has 18 heavy (non-hydrogen) atoms. The van der Waals surface area contributed by atoms with Gasteiger partial charge in [-0.05, 0) is 22.9 Å². The van der Waals surface area contributed by atoms with Gasteiger partial charge in [0.15, 0.2) is 0 Å². The lowest BCUT2D eigenvalue weighted by Crippen LogP contribution is -2.30. The van der Waals surface area contributed by atoms with Crippen LogP contribution in [0, 0.1) is 12.3 Å². The highest BCUT2D eigenvalue weighted by Crippen LogP contribution is 2.15. The van der Waals surface area contributed by atoms with E-state index >= 15 is 0 Å². The predicted molar refractivity (Wildman–Crippen MR) is 72.2 cm³/mol. The smallest absolute Gasteiger partial charge is 0.284 e. The molecule has 7 heteroatoms. The number of nitrogens with zero attached hydrogens (tertiary/aromatic N) is 2. The van der Waals surface area contributed by atoms with Crippen molar-refractivity contribution < 1.29 is 4.79 Å². The van der Waals surface area contributed by atoms with Gasteiger partial charge in [-0.25, -0.2) is 4.68 Å². The van der Waals surface area contributed by atoms with Crippen LogP contribution in [-0.2, 0) is 11.3 Å². The molecule has 0 aromatic carbocycles. The Hall–Kier alpha value is -1.81. The maximum absolute atomic E-state index is 11.8. The van der Waals surface area contributed by atoms with E-state index in [2.05, 4.69) is 37.6 Å². The number of amides is 1. The van der Waals surface area contributed by atoms with Gasteiger partial charge >= 0.3 is 0 Å². The van der Waals surface area contributed by atoms with Gasteiger partial charge in [0, 0.05) is 6.54 Å². The number of rotatable bonds is 5. The molecule has 0 spiro atoms. The molecule has 0 aliphatic carbocycles. The molecule has 0 saturated carbocycles. The molecule has 1 amide bonds. The van der Waals surface area contributed by atoms with Crippen LogP contribution in [0.1, 0.15) is 6.92 Å². The van der Waals surface area contributed by atoms with Gasteiger partial charge in [-0.15, -0.1) is 6.42 Å². The predicted octanol–water partition coefficient (Wildman–Crippen LogP) is 0.187. The fraction of sp³-hybridized carbons (Fsp3) is 0.364. The topological polar surface area (TPSA) is 76.0 Å². The van der Waals surface area contributed by atoms with Crippen molar-refractivity contribution >= 4 is 27.5 Å². The van der Waals surface area contributed by atoms with Crippen LogP contribution in [0.2, 0.25) is 0 Å². The summed E-state index contributed by atoms with van der Waals surface area (Å²) in [5.74, 6) is 2.18. The van der Waals surface area contributed by atoms with Crippen LogP contribution in [0.3, 0.4) is 0 Å². The average molecular weight is 313 g/mol. The number of aromatic nitrogens is 2. The number of anilines is 1. The van der Waals surface area contributed by atoms with Crippen molar-refractivity contribution in [3.63, 3.8) is 0 Å². The second-order valence-corrected chi connectivity index (χ2v) is 4.14. The van der Waals surface area contributed by atoms with Gasteiger partial charge in [0.05, 0.1) is 18.4 Å². The Morgan fingerprint density at radius 3 is 3.00 bits per heavy atom. The standard InChI is InChI=1S/C11H13BrN4O2/c1-3-5-16-11(18)10(12)8(6-15-16)14-7-9(17)13-4-2/h1,6,14H,4-5,7H2,2H3,(H,13,17). The first-order chi connectivity index (χ1) is 8.60. The van der Waals surface area contributed by atoms with Crippen LogP contribution < -0.4 is 16.2 Å². The van der Waals surface area contributed by atoms with E-state index in [4.69, 9.17) is 6.42 Å². The van der Waals surface area contributed by atoms with Gasteiger partial charge in [0.2, 0.25) is 5.91 Å². The number of nitrogens with one attached hydrogen (secondary N) is 2. The molecule has 0 aliphatic rings. The minimum absolute atomic E-state index is 0.0761. The molecule has 0 radical (unpaired) electrons. The summed E-state index contributed by atoms with van der Waals surface area (Å²) in [4.78, 5) is 23.0. The molecule has 2 N–H and O–H groups in total. The van der Waals surface area contributed by atoms with E-state index in [0.29, 0.717) is 16.7 Å². The Kier molecular flexibility index (Phi) is 5.39. The number of carbonyl (C=O) groups excluding carboxylic acids is 1. The Balaban J connectivity index is 2.80. The summed E-state index contributed by atoms with van der Waals surface area (Å²) in [5.41, 5.74) is 0.119. The number of carbonyl (C=O) groups is 1. The van der Waals surface area contributed by atoms with Crippen LogP contribution >= 0.6 is 15.9 Å². The molecule has 0 saturated heterocycles. The van der Waals surface area contributed by atoms with Crippen LogP contribution in [0.4, 0.5) is 5.69 Å². The lowest BCUT2D eigenvalue weighted by atomic mass is 10.4. The van der Waals surface area contributed by atoms with Crippen LogP contribution in [0.25, 0.3) is 0 Å². The highest BCUT2D eigenvalue weighted by molar-refractivity contribution is 9.10. The van der Waals surface area contributed by atoms with Gasteiger partial charge in [-0.1, -0.05) is 5.92 Å². The molecule has 0 aliphatic heterocycles. The maximum atomic E-state index is 11.8. The highest BCUT2D eigenvalue weighted by atomic mass is 79.9. The highest BCUT2D eigenvalue weighted by Gasteiger charge is 2.09. The van der Waals surface area contributed by atoms with Gasteiger partial charge < -0.3 is 10.6 Å². The lowest BCUT2D eigenvalue weighted by Gasteiger charge is -2.09. The molecule has 0 fully saturated rings. The minimum atomic E-state index is -0.339. The first kappa shape index (κ1) is 14.3. The third-order valence-electron chi connectivity index (χ3n) is 2.04. The van der Waals surface area contributed by atoms with E-state index in [1.165, 1.54) is 6.20 Å². The van der Waals surface area contributed by atoms with Gasteiger partial charge in [0.1, 0.15) is 11.0 Å². The van der Waals surface area contributed by atoms with E-state index in [1.54, 1.807) is 0 Å². The zero-order valence-electron chi connectivity index (χ0n) is 9.86. The summed E-state index contributed by atoms with van der Waals surface area (Å²) < 4.78 is 1.46. The fourth-order valence-electron chi connectivity index (χ4n) is 1.22. The molecule has 1 aromatic heterocycles. The molecule has 96 valence electrons. The summed E-state index contributed by atoms with van der Waals surface area (Å²) >= 11 is 3.15. The minimum Gasteiger partial charge on any atom is -0.374 e. The second kappa shape index (κ2) is 6.81. The zero-order valence-corrected chi connectivity index (χ0v) is 11.5. The zero-order chi connectivity index (χ0) is 13.5. The number of hydrogen-bond acceptors (Lipinski definition) is 4. The number of terminal acetylenes is 1. The van der Waals surface area contributed by atoms with Gasteiger partial charge in [0.25, 0.3) is 5.56 Å². The molecule has 0 unspecified atom stereocenters. The fourth-order valence-corrected chi connectivity index (χ4v) is 1.67. The first-order valence-corrected chi connectivity index (χ1v) is 6.09. The number of hydrogen-bond donors (Lipinski definition) is 2. The Labute approximate surface area is 113 Å². The van der Waals surface area contributed by atoms with E-state index in [0.717, 1.165) is 4.68 Å². The molecule has 1 rings (SSSR count). The molecule has 0 atom stereocenters. The largest absolute Gasteiger partial charge is 0.374 e. The SMILES string of the molecule is C#CCn1ncc(NCC(=O)NCC)c(Br)c1=O. The molecule has 1 aromatic rings. The van der Waals surface area contributed by atoms with Crippen molar-refractivity contribution in [1.29, 1.82) is 0 Å². The summed E-state index contributed by atoms with van der Waals surface area (Å²) in [6, 6.07) is 0. The Morgan fingerprint density at radius 2 is 2.39 bits per heavy atom. The van der Waals surface area contributed by atoms with Crippen molar-refractivity contribution in [2.45, 2.75) is 13.5 Å². The maximum Gasteiger partial charge on any atom is 0.284 e. The van der Waals surface area contributed by atoms with E-state index in [9.17, 15) is 9.59 Å². The second-order valence-electron chi connectivity index (χ2n) is 3.35. The summed E-state index contributed by atoms with van der Waals surface area (Å²) in [5, 5.41) is 9.35. The van der Waals surface area contributed by atoms with Crippen molar-refractivity contribution in [3.05, 3.63) is 21.0 Å². The van der Waals surface area contributed by atoms with Crippen LogP contribution in [0.5, 0.6) is 0 Å². The van der Waals surface area contributed by atoms with E-state index in [-0.39, 0.29) is 24.6 Å². The van der Waals surface area contributed by atoms with Crippen LogP contribution in [-0.4, -0.2) is 28.8 Å². The Morgan fingerprint density at radius 1 is 1.67 bits per heavy atom. The summed E-state index contributed by atoms with van der Waals surface area (Å²) in [6.07, 6.45) is 6.56. The van der Waals surface area contributed by atoms with E-state index < -0.39 is 0 Å². The van der Waals surface area contributed by atoms with E-state index in [1.807, 2.05) is 6.92 Å².